The standard InChI is InChI=1S/C20H20N4O2/c1-13-6-8-14(9-7-13)12-21-20(25)18-10-15(26-24-18)11-19-22-16-4-2-3-5-17(16)23-19/h2-9,15H,10-12H2,1H3,(H,21,25)(H,22,23)/t15-/m1/s1. The van der Waals surface area contributed by atoms with Crippen molar-refractivity contribution < 1.29 is 9.63 Å². The number of fused-ring (bicyclic) bond motifs is 1. The normalized spacial score (nSPS) is 16.3. The number of oxime groups is 1. The van der Waals surface area contributed by atoms with E-state index in [4.69, 9.17) is 4.84 Å². The predicted molar refractivity (Wildman–Crippen MR) is 99.7 cm³/mol. The Morgan fingerprint density at radius 1 is 1.23 bits per heavy atom. The summed E-state index contributed by atoms with van der Waals surface area (Å²) in [4.78, 5) is 25.5. The van der Waals surface area contributed by atoms with Gasteiger partial charge in [-0.2, -0.15) is 0 Å². The van der Waals surface area contributed by atoms with Crippen molar-refractivity contribution in [2.45, 2.75) is 32.4 Å². The Labute approximate surface area is 151 Å². The second-order valence-corrected chi connectivity index (χ2v) is 6.54. The number of imidazole rings is 1. The lowest BCUT2D eigenvalue weighted by molar-refractivity contribution is -0.115. The lowest BCUT2D eigenvalue weighted by Gasteiger charge is -2.06. The van der Waals surface area contributed by atoms with E-state index in [1.165, 1.54) is 5.56 Å². The molecule has 0 saturated carbocycles. The quantitative estimate of drug-likeness (QED) is 0.744. The molecule has 0 radical (unpaired) electrons. The third kappa shape index (κ3) is 3.59. The average molecular weight is 348 g/mol. The van der Waals surface area contributed by atoms with Gasteiger partial charge in [0.05, 0.1) is 11.0 Å². The zero-order valence-corrected chi connectivity index (χ0v) is 14.5. The molecule has 2 aromatic carbocycles. The molecule has 0 fully saturated rings. The number of hydrogen-bond acceptors (Lipinski definition) is 4. The van der Waals surface area contributed by atoms with Crippen molar-refractivity contribution >= 4 is 22.7 Å². The first-order valence-corrected chi connectivity index (χ1v) is 8.67. The van der Waals surface area contributed by atoms with Crippen LogP contribution in [0.25, 0.3) is 11.0 Å². The number of carbonyl (C=O) groups is 1. The maximum absolute atomic E-state index is 12.3. The molecular formula is C20H20N4O2. The molecule has 2 N–H and O–H groups in total. The van der Waals surface area contributed by atoms with Crippen LogP contribution in [0.15, 0.2) is 53.7 Å². The van der Waals surface area contributed by atoms with E-state index in [1.807, 2.05) is 55.5 Å². The monoisotopic (exact) mass is 348 g/mol. The van der Waals surface area contributed by atoms with Crippen LogP contribution in [-0.4, -0.2) is 27.7 Å². The van der Waals surface area contributed by atoms with E-state index in [1.54, 1.807) is 0 Å². The van der Waals surface area contributed by atoms with Crippen LogP contribution in [0.5, 0.6) is 0 Å². The molecule has 3 aromatic rings. The van der Waals surface area contributed by atoms with E-state index in [0.717, 1.165) is 22.4 Å². The van der Waals surface area contributed by atoms with Crippen LogP contribution in [0.3, 0.4) is 0 Å². The summed E-state index contributed by atoms with van der Waals surface area (Å²) in [6, 6.07) is 15.9. The maximum atomic E-state index is 12.3. The van der Waals surface area contributed by atoms with Crippen molar-refractivity contribution in [3.63, 3.8) is 0 Å². The lowest BCUT2D eigenvalue weighted by Crippen LogP contribution is -2.30. The molecule has 132 valence electrons. The van der Waals surface area contributed by atoms with Gasteiger partial charge in [-0.1, -0.05) is 47.1 Å². The fraction of sp³-hybridized carbons (Fsp3) is 0.250. The number of nitrogens with zero attached hydrogens (tertiary/aromatic N) is 2. The minimum Gasteiger partial charge on any atom is -0.391 e. The molecule has 0 saturated heterocycles. The molecule has 0 bridgehead atoms. The number of aromatic nitrogens is 2. The minimum atomic E-state index is -0.183. The van der Waals surface area contributed by atoms with Gasteiger partial charge >= 0.3 is 0 Å². The summed E-state index contributed by atoms with van der Waals surface area (Å²) < 4.78 is 0. The number of hydrogen-bond donors (Lipinski definition) is 2. The Kier molecular flexibility index (Phi) is 4.39. The Hall–Kier alpha value is -3.15. The molecule has 1 aliphatic heterocycles. The van der Waals surface area contributed by atoms with Gasteiger partial charge in [-0.3, -0.25) is 4.79 Å². The van der Waals surface area contributed by atoms with Gasteiger partial charge in [-0.25, -0.2) is 4.98 Å². The predicted octanol–water partition coefficient (Wildman–Crippen LogP) is 2.88. The summed E-state index contributed by atoms with van der Waals surface area (Å²) in [6.07, 6.45) is 0.902. The van der Waals surface area contributed by atoms with Gasteiger partial charge in [-0.05, 0) is 24.6 Å². The Bertz CT molecular complexity index is 926. The van der Waals surface area contributed by atoms with Crippen LogP contribution >= 0.6 is 0 Å². The molecule has 1 amide bonds. The topological polar surface area (TPSA) is 79.4 Å². The van der Waals surface area contributed by atoms with Crippen molar-refractivity contribution in [3.05, 3.63) is 65.5 Å². The summed E-state index contributed by atoms with van der Waals surface area (Å²) in [5.74, 6) is 0.658. The molecule has 1 aliphatic rings. The number of amides is 1. The van der Waals surface area contributed by atoms with E-state index < -0.39 is 0 Å². The smallest absolute Gasteiger partial charge is 0.269 e. The first-order valence-electron chi connectivity index (χ1n) is 8.67. The number of rotatable bonds is 5. The van der Waals surface area contributed by atoms with Crippen molar-refractivity contribution in [2.75, 3.05) is 0 Å². The fourth-order valence-corrected chi connectivity index (χ4v) is 2.98. The highest BCUT2D eigenvalue weighted by Crippen LogP contribution is 2.17. The number of aryl methyl sites for hydroxylation is 1. The highest BCUT2D eigenvalue weighted by molar-refractivity contribution is 6.39. The number of benzene rings is 2. The molecular weight excluding hydrogens is 328 g/mol. The molecule has 0 aliphatic carbocycles. The van der Waals surface area contributed by atoms with Crippen LogP contribution in [0.2, 0.25) is 0 Å². The molecule has 26 heavy (non-hydrogen) atoms. The Morgan fingerprint density at radius 2 is 2.04 bits per heavy atom. The molecule has 0 spiro atoms. The maximum Gasteiger partial charge on any atom is 0.269 e. The van der Waals surface area contributed by atoms with E-state index in [-0.39, 0.29) is 12.0 Å². The molecule has 6 nitrogen and oxygen atoms in total. The molecule has 1 aromatic heterocycles. The molecule has 1 atom stereocenters. The van der Waals surface area contributed by atoms with Gasteiger partial charge in [0.2, 0.25) is 0 Å². The van der Waals surface area contributed by atoms with Crippen molar-refractivity contribution in [1.82, 2.24) is 15.3 Å². The summed E-state index contributed by atoms with van der Waals surface area (Å²) in [5.41, 5.74) is 4.61. The van der Waals surface area contributed by atoms with Gasteiger partial charge in [0.15, 0.2) is 0 Å². The molecule has 4 rings (SSSR count). The van der Waals surface area contributed by atoms with Gasteiger partial charge in [0.25, 0.3) is 5.91 Å². The summed E-state index contributed by atoms with van der Waals surface area (Å²) in [7, 11) is 0. The van der Waals surface area contributed by atoms with Gasteiger partial charge in [0, 0.05) is 19.4 Å². The second-order valence-electron chi connectivity index (χ2n) is 6.54. The van der Waals surface area contributed by atoms with E-state index in [0.29, 0.717) is 25.1 Å². The lowest BCUT2D eigenvalue weighted by atomic mass is 10.1. The number of para-hydroxylation sites is 2. The van der Waals surface area contributed by atoms with Crippen molar-refractivity contribution in [3.8, 4) is 0 Å². The highest BCUT2D eigenvalue weighted by atomic mass is 16.6. The third-order valence-electron chi connectivity index (χ3n) is 4.43. The Balaban J connectivity index is 1.31. The number of H-pyrrole nitrogens is 1. The van der Waals surface area contributed by atoms with E-state index >= 15 is 0 Å². The van der Waals surface area contributed by atoms with Crippen molar-refractivity contribution in [1.29, 1.82) is 0 Å². The van der Waals surface area contributed by atoms with Gasteiger partial charge in [0.1, 0.15) is 17.6 Å². The first kappa shape index (κ1) is 16.3. The van der Waals surface area contributed by atoms with Crippen LogP contribution in [0.4, 0.5) is 0 Å². The van der Waals surface area contributed by atoms with Crippen LogP contribution in [-0.2, 0) is 22.6 Å². The van der Waals surface area contributed by atoms with Gasteiger partial charge in [-0.15, -0.1) is 0 Å². The molecule has 6 heteroatoms. The largest absolute Gasteiger partial charge is 0.391 e. The number of aromatic amines is 1. The van der Waals surface area contributed by atoms with E-state index in [9.17, 15) is 4.79 Å². The third-order valence-corrected chi connectivity index (χ3v) is 4.43. The fourth-order valence-electron chi connectivity index (χ4n) is 2.98. The van der Waals surface area contributed by atoms with Crippen LogP contribution in [0, 0.1) is 6.92 Å². The molecule has 2 heterocycles. The summed E-state index contributed by atoms with van der Waals surface area (Å²) in [5, 5.41) is 6.85. The number of carbonyl (C=O) groups excluding carboxylic acids is 1. The summed E-state index contributed by atoms with van der Waals surface area (Å²) in [6.45, 7) is 2.52. The van der Waals surface area contributed by atoms with Gasteiger partial charge < -0.3 is 15.1 Å². The Morgan fingerprint density at radius 3 is 2.85 bits per heavy atom. The zero-order valence-electron chi connectivity index (χ0n) is 14.5. The zero-order chi connectivity index (χ0) is 17.9. The SMILES string of the molecule is Cc1ccc(CNC(=O)C2=NO[C@@H](Cc3nc4ccccc4[nH]3)C2)cc1. The van der Waals surface area contributed by atoms with Crippen LogP contribution in [0.1, 0.15) is 23.4 Å². The first-order chi connectivity index (χ1) is 12.7. The highest BCUT2D eigenvalue weighted by Gasteiger charge is 2.27. The number of nitrogens with one attached hydrogen (secondary N) is 2. The second kappa shape index (κ2) is 7.00. The summed E-state index contributed by atoms with van der Waals surface area (Å²) >= 11 is 0. The minimum absolute atomic E-state index is 0.171. The van der Waals surface area contributed by atoms with Crippen LogP contribution < -0.4 is 5.32 Å². The molecule has 0 unspecified atom stereocenters. The van der Waals surface area contributed by atoms with E-state index in [2.05, 4.69) is 20.4 Å². The van der Waals surface area contributed by atoms with Crippen molar-refractivity contribution in [2.24, 2.45) is 5.16 Å². The average Bonchev–Trinajstić information content (AvgIpc) is 3.27.